The predicted octanol–water partition coefficient (Wildman–Crippen LogP) is 3.87. The van der Waals surface area contributed by atoms with Gasteiger partial charge in [-0.25, -0.2) is 0 Å². The summed E-state index contributed by atoms with van der Waals surface area (Å²) in [4.78, 5) is 14.6. The Kier molecular flexibility index (Phi) is 6.80. The molecule has 0 aromatic heterocycles. The molecule has 3 rings (SSSR count). The molecule has 0 N–H and O–H groups in total. The summed E-state index contributed by atoms with van der Waals surface area (Å²) in [6.07, 6.45) is 2.33. The maximum atomic E-state index is 12.7. The fraction of sp³-hybridized carbons (Fsp3) is 0.435. The van der Waals surface area contributed by atoms with Crippen LogP contribution in [0.2, 0.25) is 0 Å². The summed E-state index contributed by atoms with van der Waals surface area (Å²) < 4.78 is 16.5. The van der Waals surface area contributed by atoms with Gasteiger partial charge in [-0.2, -0.15) is 0 Å². The number of piperidine rings is 1. The number of ether oxygens (including phenoxy) is 3. The number of likely N-dealkylation sites (tertiary alicyclic amines) is 1. The van der Waals surface area contributed by atoms with Crippen molar-refractivity contribution in [1.82, 2.24) is 4.90 Å². The molecule has 1 heterocycles. The van der Waals surface area contributed by atoms with Gasteiger partial charge < -0.3 is 19.1 Å². The number of carbonyl (C=O) groups is 1. The molecule has 0 spiro atoms. The maximum Gasteiger partial charge on any atom is 0.226 e. The van der Waals surface area contributed by atoms with Crippen LogP contribution in [0.15, 0.2) is 42.5 Å². The standard InChI is InChI=1S/C23H29NO4/c1-17-4-7-20(8-5-17)28-16-18-10-12-24(13-11-18)23(25)15-19-6-9-21(26-2)22(14-19)27-3/h4-9,14,18H,10-13,15-16H2,1-3H3. The second-order valence-corrected chi connectivity index (χ2v) is 7.31. The van der Waals surface area contributed by atoms with Gasteiger partial charge in [-0.05, 0) is 55.5 Å². The van der Waals surface area contributed by atoms with E-state index in [9.17, 15) is 4.79 Å². The van der Waals surface area contributed by atoms with Gasteiger partial charge in [0, 0.05) is 13.1 Å². The van der Waals surface area contributed by atoms with E-state index in [0.29, 0.717) is 30.4 Å². The van der Waals surface area contributed by atoms with Crippen LogP contribution in [0.25, 0.3) is 0 Å². The van der Waals surface area contributed by atoms with Crippen LogP contribution < -0.4 is 14.2 Å². The van der Waals surface area contributed by atoms with Crippen LogP contribution in [-0.4, -0.2) is 44.7 Å². The highest BCUT2D eigenvalue weighted by molar-refractivity contribution is 5.79. The van der Waals surface area contributed by atoms with Gasteiger partial charge in [0.1, 0.15) is 5.75 Å². The van der Waals surface area contributed by atoms with E-state index in [1.54, 1.807) is 14.2 Å². The molecule has 2 aromatic rings. The van der Waals surface area contributed by atoms with Gasteiger partial charge in [0.05, 0.1) is 27.2 Å². The molecule has 1 aliphatic heterocycles. The Balaban J connectivity index is 1.46. The van der Waals surface area contributed by atoms with Gasteiger partial charge >= 0.3 is 0 Å². The van der Waals surface area contributed by atoms with Gasteiger partial charge in [-0.1, -0.05) is 23.8 Å². The first-order chi connectivity index (χ1) is 13.6. The minimum Gasteiger partial charge on any atom is -0.493 e. The molecule has 1 aliphatic rings. The number of hydrogen-bond donors (Lipinski definition) is 0. The molecule has 1 amide bonds. The fourth-order valence-corrected chi connectivity index (χ4v) is 3.47. The molecule has 28 heavy (non-hydrogen) atoms. The largest absolute Gasteiger partial charge is 0.493 e. The van der Waals surface area contributed by atoms with E-state index in [0.717, 1.165) is 37.2 Å². The van der Waals surface area contributed by atoms with Crippen molar-refractivity contribution in [3.05, 3.63) is 53.6 Å². The summed E-state index contributed by atoms with van der Waals surface area (Å²) in [6.45, 7) is 4.35. The number of aryl methyl sites for hydroxylation is 1. The minimum atomic E-state index is 0.158. The highest BCUT2D eigenvalue weighted by atomic mass is 16.5. The molecule has 5 heteroatoms. The van der Waals surface area contributed by atoms with E-state index in [-0.39, 0.29) is 5.91 Å². The Morgan fingerprint density at radius 3 is 2.32 bits per heavy atom. The van der Waals surface area contributed by atoms with Crippen molar-refractivity contribution >= 4 is 5.91 Å². The van der Waals surface area contributed by atoms with Crippen LogP contribution in [0.5, 0.6) is 17.2 Å². The topological polar surface area (TPSA) is 48.0 Å². The van der Waals surface area contributed by atoms with Crippen LogP contribution >= 0.6 is 0 Å². The van der Waals surface area contributed by atoms with Crippen molar-refractivity contribution in [3.8, 4) is 17.2 Å². The molecule has 0 bridgehead atoms. The summed E-state index contributed by atoms with van der Waals surface area (Å²) in [5.74, 6) is 2.89. The van der Waals surface area contributed by atoms with Crippen LogP contribution in [0.3, 0.4) is 0 Å². The summed E-state index contributed by atoms with van der Waals surface area (Å²) in [5.41, 5.74) is 2.17. The molecule has 1 saturated heterocycles. The maximum absolute atomic E-state index is 12.7. The van der Waals surface area contributed by atoms with Gasteiger partial charge in [0.15, 0.2) is 11.5 Å². The van der Waals surface area contributed by atoms with Crippen molar-refractivity contribution in [2.24, 2.45) is 5.92 Å². The number of amides is 1. The Labute approximate surface area is 167 Å². The third kappa shape index (κ3) is 5.18. The highest BCUT2D eigenvalue weighted by Gasteiger charge is 2.23. The normalized spacial score (nSPS) is 14.6. The number of methoxy groups -OCH3 is 2. The molecule has 150 valence electrons. The van der Waals surface area contributed by atoms with Gasteiger partial charge in [0.25, 0.3) is 0 Å². The molecule has 0 unspecified atom stereocenters. The third-order valence-electron chi connectivity index (χ3n) is 5.28. The Morgan fingerprint density at radius 2 is 1.68 bits per heavy atom. The minimum absolute atomic E-state index is 0.158. The van der Waals surface area contributed by atoms with Gasteiger partial charge in [-0.15, -0.1) is 0 Å². The van der Waals surface area contributed by atoms with Gasteiger partial charge in [-0.3, -0.25) is 4.79 Å². The Morgan fingerprint density at radius 1 is 1.00 bits per heavy atom. The van der Waals surface area contributed by atoms with Crippen molar-refractivity contribution in [2.45, 2.75) is 26.2 Å². The van der Waals surface area contributed by atoms with Crippen molar-refractivity contribution < 1.29 is 19.0 Å². The third-order valence-corrected chi connectivity index (χ3v) is 5.28. The van der Waals surface area contributed by atoms with E-state index >= 15 is 0 Å². The zero-order valence-electron chi connectivity index (χ0n) is 16.9. The summed E-state index contributed by atoms with van der Waals surface area (Å²) >= 11 is 0. The first-order valence-electron chi connectivity index (χ1n) is 9.77. The van der Waals surface area contributed by atoms with Crippen molar-refractivity contribution in [1.29, 1.82) is 0 Å². The molecule has 5 nitrogen and oxygen atoms in total. The predicted molar refractivity (Wildman–Crippen MR) is 109 cm³/mol. The highest BCUT2D eigenvalue weighted by Crippen LogP contribution is 2.28. The summed E-state index contributed by atoms with van der Waals surface area (Å²) in [5, 5.41) is 0. The molecule has 1 fully saturated rings. The first-order valence-corrected chi connectivity index (χ1v) is 9.77. The number of hydrogen-bond acceptors (Lipinski definition) is 4. The number of nitrogens with zero attached hydrogens (tertiary/aromatic N) is 1. The van der Waals surface area contributed by atoms with Crippen LogP contribution in [0.1, 0.15) is 24.0 Å². The smallest absolute Gasteiger partial charge is 0.226 e. The second-order valence-electron chi connectivity index (χ2n) is 7.31. The van der Waals surface area contributed by atoms with Crippen LogP contribution in [0, 0.1) is 12.8 Å². The molecule has 0 atom stereocenters. The number of benzene rings is 2. The van der Waals surface area contributed by atoms with E-state index in [4.69, 9.17) is 14.2 Å². The lowest BCUT2D eigenvalue weighted by molar-refractivity contribution is -0.132. The van der Waals surface area contributed by atoms with Crippen LogP contribution in [-0.2, 0) is 11.2 Å². The molecule has 0 aliphatic carbocycles. The van der Waals surface area contributed by atoms with Gasteiger partial charge in [0.2, 0.25) is 5.91 Å². The summed E-state index contributed by atoms with van der Waals surface area (Å²) in [7, 11) is 3.21. The zero-order valence-corrected chi connectivity index (χ0v) is 16.9. The molecular formula is C23H29NO4. The van der Waals surface area contributed by atoms with Crippen molar-refractivity contribution in [3.63, 3.8) is 0 Å². The van der Waals surface area contributed by atoms with E-state index in [2.05, 4.69) is 19.1 Å². The lowest BCUT2D eigenvalue weighted by atomic mass is 9.97. The lowest BCUT2D eigenvalue weighted by Gasteiger charge is -2.32. The van der Waals surface area contributed by atoms with Crippen molar-refractivity contribution in [2.75, 3.05) is 33.9 Å². The van der Waals surface area contributed by atoms with Crippen LogP contribution in [0.4, 0.5) is 0 Å². The molecule has 0 saturated carbocycles. The summed E-state index contributed by atoms with van der Waals surface area (Å²) in [6, 6.07) is 13.8. The number of rotatable bonds is 7. The van der Waals surface area contributed by atoms with E-state index in [1.165, 1.54) is 5.56 Å². The fourth-order valence-electron chi connectivity index (χ4n) is 3.47. The Bertz CT molecular complexity index is 780. The molecule has 2 aromatic carbocycles. The zero-order chi connectivity index (χ0) is 19.9. The number of carbonyl (C=O) groups excluding carboxylic acids is 1. The second kappa shape index (κ2) is 9.49. The average molecular weight is 383 g/mol. The SMILES string of the molecule is COc1ccc(CC(=O)N2CCC(COc3ccc(C)cc3)CC2)cc1OC. The van der Waals surface area contributed by atoms with E-state index < -0.39 is 0 Å². The van der Waals surface area contributed by atoms with E-state index in [1.807, 2.05) is 35.2 Å². The molecular weight excluding hydrogens is 354 g/mol. The average Bonchev–Trinajstić information content (AvgIpc) is 2.73. The monoisotopic (exact) mass is 383 g/mol. The quantitative estimate of drug-likeness (QED) is 0.728. The first kappa shape index (κ1) is 20.1. The lowest BCUT2D eigenvalue weighted by Crippen LogP contribution is -2.40. The Hall–Kier alpha value is -2.69. The molecule has 0 radical (unpaired) electrons.